The van der Waals surface area contributed by atoms with Crippen molar-refractivity contribution >= 4 is 17.7 Å². The molecule has 0 fully saturated rings. The van der Waals surface area contributed by atoms with Crippen LogP contribution in [0, 0.1) is 17.5 Å². The van der Waals surface area contributed by atoms with E-state index in [2.05, 4.69) is 0 Å². The Balaban J connectivity index is 1.97. The number of thioether (sulfide) groups is 1. The maximum absolute atomic E-state index is 13.5. The Labute approximate surface area is 137 Å². The number of amides is 1. The molecular formula is C17H16F3NOS. The fourth-order valence-corrected chi connectivity index (χ4v) is 2.88. The van der Waals surface area contributed by atoms with Crippen molar-refractivity contribution in [2.45, 2.75) is 18.4 Å². The molecule has 0 saturated carbocycles. The topological polar surface area (TPSA) is 20.3 Å². The van der Waals surface area contributed by atoms with Gasteiger partial charge in [-0.15, -0.1) is 11.8 Å². The third-order valence-electron chi connectivity index (χ3n) is 3.24. The molecule has 0 aliphatic carbocycles. The molecule has 0 bridgehead atoms. The highest BCUT2D eigenvalue weighted by molar-refractivity contribution is 8.00. The van der Waals surface area contributed by atoms with Crippen LogP contribution in [0.5, 0.6) is 0 Å². The van der Waals surface area contributed by atoms with Crippen LogP contribution in [0.2, 0.25) is 0 Å². The number of carbonyl (C=O) groups excluding carboxylic acids is 1. The van der Waals surface area contributed by atoms with Crippen LogP contribution in [0.25, 0.3) is 0 Å². The van der Waals surface area contributed by atoms with E-state index in [1.807, 2.05) is 6.92 Å². The van der Waals surface area contributed by atoms with Gasteiger partial charge in [0.1, 0.15) is 17.5 Å². The van der Waals surface area contributed by atoms with Crippen LogP contribution in [0.1, 0.15) is 12.5 Å². The minimum atomic E-state index is -0.684. The van der Waals surface area contributed by atoms with Crippen molar-refractivity contribution in [2.75, 3.05) is 12.3 Å². The summed E-state index contributed by atoms with van der Waals surface area (Å²) >= 11 is 1.01. The number of benzene rings is 2. The molecule has 0 aliphatic heterocycles. The van der Waals surface area contributed by atoms with E-state index in [0.29, 0.717) is 18.7 Å². The van der Waals surface area contributed by atoms with Crippen molar-refractivity contribution in [3.8, 4) is 0 Å². The molecule has 2 aromatic rings. The van der Waals surface area contributed by atoms with Crippen molar-refractivity contribution in [3.05, 3.63) is 65.5 Å². The number of hydrogen-bond donors (Lipinski definition) is 0. The zero-order chi connectivity index (χ0) is 16.8. The quantitative estimate of drug-likeness (QED) is 0.734. The molecule has 2 nitrogen and oxygen atoms in total. The fraction of sp³-hybridized carbons (Fsp3) is 0.235. The zero-order valence-corrected chi connectivity index (χ0v) is 13.4. The Bertz CT molecular complexity index is 693. The average molecular weight is 339 g/mol. The first kappa shape index (κ1) is 17.4. The lowest BCUT2D eigenvalue weighted by Gasteiger charge is -2.21. The molecule has 1 amide bonds. The van der Waals surface area contributed by atoms with E-state index in [1.54, 1.807) is 17.0 Å². The summed E-state index contributed by atoms with van der Waals surface area (Å²) in [4.78, 5) is 14.0. The van der Waals surface area contributed by atoms with Gasteiger partial charge in [0.15, 0.2) is 0 Å². The van der Waals surface area contributed by atoms with Gasteiger partial charge < -0.3 is 4.90 Å². The minimum absolute atomic E-state index is 0.0334. The maximum Gasteiger partial charge on any atom is 0.233 e. The standard InChI is InChI=1S/C17H16F3NOS/c1-2-21(10-12-4-3-5-13(18)8-12)17(22)11-23-16-7-6-14(19)9-15(16)20/h3-9H,2,10-11H2,1H3. The first-order valence-corrected chi connectivity index (χ1v) is 8.08. The first-order chi connectivity index (χ1) is 11.0. The molecule has 2 rings (SSSR count). The van der Waals surface area contributed by atoms with Gasteiger partial charge in [-0.25, -0.2) is 13.2 Å². The number of nitrogens with zero attached hydrogens (tertiary/aromatic N) is 1. The number of halogens is 3. The Morgan fingerprint density at radius 3 is 2.48 bits per heavy atom. The maximum atomic E-state index is 13.5. The average Bonchev–Trinajstić information content (AvgIpc) is 2.51. The molecule has 23 heavy (non-hydrogen) atoms. The van der Waals surface area contributed by atoms with E-state index in [-0.39, 0.29) is 22.4 Å². The van der Waals surface area contributed by atoms with E-state index in [1.165, 1.54) is 18.2 Å². The molecule has 0 unspecified atom stereocenters. The Morgan fingerprint density at radius 1 is 1.09 bits per heavy atom. The van der Waals surface area contributed by atoms with Gasteiger partial charge in [0.25, 0.3) is 0 Å². The first-order valence-electron chi connectivity index (χ1n) is 7.09. The number of hydrogen-bond acceptors (Lipinski definition) is 2. The van der Waals surface area contributed by atoms with Gasteiger partial charge in [0, 0.05) is 24.1 Å². The second kappa shape index (κ2) is 8.06. The summed E-state index contributed by atoms with van der Waals surface area (Å²) in [5.41, 5.74) is 0.693. The lowest BCUT2D eigenvalue weighted by atomic mass is 10.2. The normalized spacial score (nSPS) is 10.6. The van der Waals surface area contributed by atoms with Crippen molar-refractivity contribution < 1.29 is 18.0 Å². The largest absolute Gasteiger partial charge is 0.338 e. The summed E-state index contributed by atoms with van der Waals surface area (Å²) in [5.74, 6) is -1.85. The molecule has 0 spiro atoms. The lowest BCUT2D eigenvalue weighted by molar-refractivity contribution is -0.128. The molecule has 122 valence electrons. The van der Waals surface area contributed by atoms with Gasteiger partial charge in [-0.05, 0) is 36.8 Å². The van der Waals surface area contributed by atoms with Crippen molar-refractivity contribution in [1.29, 1.82) is 0 Å². The predicted molar refractivity (Wildman–Crippen MR) is 84.6 cm³/mol. The van der Waals surface area contributed by atoms with Crippen LogP contribution >= 0.6 is 11.8 Å². The van der Waals surface area contributed by atoms with Gasteiger partial charge in [-0.2, -0.15) is 0 Å². The summed E-state index contributed by atoms with van der Waals surface area (Å²) in [6.45, 7) is 2.57. The monoisotopic (exact) mass is 339 g/mol. The summed E-state index contributed by atoms with van der Waals surface area (Å²) in [6, 6.07) is 9.30. The van der Waals surface area contributed by atoms with E-state index >= 15 is 0 Å². The summed E-state index contributed by atoms with van der Waals surface area (Å²) < 4.78 is 39.6. The molecule has 2 aromatic carbocycles. The second-order valence-corrected chi connectivity index (χ2v) is 5.92. The van der Waals surface area contributed by atoms with Gasteiger partial charge in [0.05, 0.1) is 5.75 Å². The molecule has 0 saturated heterocycles. The second-order valence-electron chi connectivity index (χ2n) is 4.90. The van der Waals surface area contributed by atoms with Crippen LogP contribution < -0.4 is 0 Å². The molecule has 0 aromatic heterocycles. The number of rotatable bonds is 6. The fourth-order valence-electron chi connectivity index (χ4n) is 2.06. The molecule has 0 heterocycles. The predicted octanol–water partition coefficient (Wildman–Crippen LogP) is 4.24. The van der Waals surface area contributed by atoms with Crippen molar-refractivity contribution in [1.82, 2.24) is 4.90 Å². The highest BCUT2D eigenvalue weighted by Crippen LogP contribution is 2.23. The van der Waals surface area contributed by atoms with Crippen LogP contribution in [0.15, 0.2) is 47.4 Å². The number of carbonyl (C=O) groups is 1. The minimum Gasteiger partial charge on any atom is -0.338 e. The van der Waals surface area contributed by atoms with Gasteiger partial charge in [0.2, 0.25) is 5.91 Å². The van der Waals surface area contributed by atoms with Gasteiger partial charge >= 0.3 is 0 Å². The zero-order valence-electron chi connectivity index (χ0n) is 12.6. The van der Waals surface area contributed by atoms with E-state index in [0.717, 1.165) is 23.9 Å². The van der Waals surface area contributed by atoms with Crippen LogP contribution in [-0.2, 0) is 11.3 Å². The van der Waals surface area contributed by atoms with Crippen molar-refractivity contribution in [2.24, 2.45) is 0 Å². The van der Waals surface area contributed by atoms with Crippen LogP contribution in [0.3, 0.4) is 0 Å². The Hall–Kier alpha value is -1.95. The van der Waals surface area contributed by atoms with E-state index in [9.17, 15) is 18.0 Å². The van der Waals surface area contributed by atoms with Gasteiger partial charge in [-0.3, -0.25) is 4.79 Å². The highest BCUT2D eigenvalue weighted by Gasteiger charge is 2.14. The van der Waals surface area contributed by atoms with E-state index in [4.69, 9.17) is 0 Å². The molecule has 0 atom stereocenters. The molecule has 0 aliphatic rings. The Morgan fingerprint density at radius 2 is 1.83 bits per heavy atom. The summed E-state index contributed by atoms with van der Waals surface area (Å²) in [7, 11) is 0. The Kier molecular flexibility index (Phi) is 6.10. The smallest absolute Gasteiger partial charge is 0.233 e. The highest BCUT2D eigenvalue weighted by atomic mass is 32.2. The molecule has 6 heteroatoms. The molecule has 0 N–H and O–H groups in total. The van der Waals surface area contributed by atoms with Crippen molar-refractivity contribution in [3.63, 3.8) is 0 Å². The third kappa shape index (κ3) is 5.03. The lowest BCUT2D eigenvalue weighted by Crippen LogP contribution is -2.31. The third-order valence-corrected chi connectivity index (χ3v) is 4.28. The molecule has 0 radical (unpaired) electrons. The van der Waals surface area contributed by atoms with Crippen LogP contribution in [-0.4, -0.2) is 23.1 Å². The van der Waals surface area contributed by atoms with Gasteiger partial charge in [-0.1, -0.05) is 12.1 Å². The summed E-state index contributed by atoms with van der Waals surface area (Å²) in [6.07, 6.45) is 0. The molecular weight excluding hydrogens is 323 g/mol. The SMILES string of the molecule is CCN(Cc1cccc(F)c1)C(=O)CSc1ccc(F)cc1F. The van der Waals surface area contributed by atoms with Crippen LogP contribution in [0.4, 0.5) is 13.2 Å². The summed E-state index contributed by atoms with van der Waals surface area (Å²) in [5, 5.41) is 0. The van der Waals surface area contributed by atoms with E-state index < -0.39 is 11.6 Å².